The number of hydrogen-bond acceptors (Lipinski definition) is 4. The third-order valence-corrected chi connectivity index (χ3v) is 6.16. The Bertz CT molecular complexity index is 1070. The molecule has 0 fully saturated rings. The molecule has 0 saturated carbocycles. The van der Waals surface area contributed by atoms with Crippen molar-refractivity contribution >= 4 is 44.9 Å². The Hall–Kier alpha value is -2.63. The van der Waals surface area contributed by atoms with Crippen LogP contribution < -0.4 is 5.32 Å². The van der Waals surface area contributed by atoms with Crippen LogP contribution >= 0.6 is 23.1 Å². The third kappa shape index (κ3) is 3.75. The summed E-state index contributed by atoms with van der Waals surface area (Å²) in [6, 6.07) is 23.6. The van der Waals surface area contributed by atoms with Crippen LogP contribution in [0.15, 0.2) is 77.7 Å². The van der Waals surface area contributed by atoms with Gasteiger partial charge in [0.1, 0.15) is 5.01 Å². The van der Waals surface area contributed by atoms with Crippen molar-refractivity contribution in [3.8, 4) is 10.6 Å². The van der Waals surface area contributed by atoms with E-state index in [-0.39, 0.29) is 5.91 Å². The fourth-order valence-corrected chi connectivity index (χ4v) is 4.70. The van der Waals surface area contributed by atoms with Crippen LogP contribution in [0, 0.1) is 0 Å². The number of nitrogens with one attached hydrogen (secondary N) is 1. The molecule has 3 nitrogen and oxygen atoms in total. The average Bonchev–Trinajstić information content (AvgIpc) is 3.13. The summed E-state index contributed by atoms with van der Waals surface area (Å²) in [6.07, 6.45) is 0. The van der Waals surface area contributed by atoms with E-state index in [0.29, 0.717) is 5.56 Å². The summed E-state index contributed by atoms with van der Waals surface area (Å²) in [7, 11) is 0. The molecule has 0 saturated heterocycles. The van der Waals surface area contributed by atoms with Gasteiger partial charge in [-0.15, -0.1) is 23.1 Å². The molecule has 0 aliphatic rings. The molecule has 4 aromatic rings. The number of thioether (sulfide) groups is 1. The lowest BCUT2D eigenvalue weighted by Crippen LogP contribution is -2.13. The first-order valence-corrected chi connectivity index (χ1v) is 10.5. The van der Waals surface area contributed by atoms with Crippen LogP contribution in [-0.4, -0.2) is 16.6 Å². The molecule has 1 amide bonds. The van der Waals surface area contributed by atoms with E-state index in [4.69, 9.17) is 4.98 Å². The van der Waals surface area contributed by atoms with Crippen molar-refractivity contribution in [1.82, 2.24) is 4.98 Å². The molecule has 27 heavy (non-hydrogen) atoms. The minimum absolute atomic E-state index is 0.0971. The zero-order valence-electron chi connectivity index (χ0n) is 14.8. The molecule has 0 aliphatic heterocycles. The number of thiazole rings is 1. The van der Waals surface area contributed by atoms with Gasteiger partial charge in [-0.3, -0.25) is 4.79 Å². The van der Waals surface area contributed by atoms with E-state index < -0.39 is 0 Å². The molecule has 1 N–H and O–H groups in total. The van der Waals surface area contributed by atoms with E-state index in [0.717, 1.165) is 37.1 Å². The first-order valence-electron chi connectivity index (χ1n) is 8.74. The number of aromatic nitrogens is 1. The molecule has 3 aromatic carbocycles. The van der Waals surface area contributed by atoms with Gasteiger partial charge >= 0.3 is 0 Å². The second-order valence-corrected chi connectivity index (χ2v) is 8.25. The van der Waals surface area contributed by atoms with E-state index in [1.807, 2.05) is 66.7 Å². The number of amides is 1. The quantitative estimate of drug-likeness (QED) is 0.405. The number of para-hydroxylation sites is 2. The van der Waals surface area contributed by atoms with E-state index >= 15 is 0 Å². The number of fused-ring (bicyclic) bond motifs is 1. The molecule has 0 aliphatic carbocycles. The fourth-order valence-electron chi connectivity index (χ4n) is 2.89. The van der Waals surface area contributed by atoms with Gasteiger partial charge in [0.2, 0.25) is 0 Å². The van der Waals surface area contributed by atoms with Crippen molar-refractivity contribution in [1.29, 1.82) is 0 Å². The van der Waals surface area contributed by atoms with Gasteiger partial charge in [-0.25, -0.2) is 4.98 Å². The number of carbonyl (C=O) groups is 1. The lowest BCUT2D eigenvalue weighted by Gasteiger charge is -2.11. The Morgan fingerprint density at radius 1 is 1.00 bits per heavy atom. The van der Waals surface area contributed by atoms with Gasteiger partial charge in [0, 0.05) is 10.5 Å². The highest BCUT2D eigenvalue weighted by molar-refractivity contribution is 7.99. The average molecular weight is 391 g/mol. The van der Waals surface area contributed by atoms with E-state index in [1.54, 1.807) is 23.1 Å². The summed E-state index contributed by atoms with van der Waals surface area (Å²) >= 11 is 3.31. The lowest BCUT2D eigenvalue weighted by molar-refractivity contribution is 0.102. The molecule has 0 radical (unpaired) electrons. The number of benzene rings is 3. The van der Waals surface area contributed by atoms with Crippen molar-refractivity contribution < 1.29 is 4.79 Å². The molecule has 5 heteroatoms. The monoisotopic (exact) mass is 390 g/mol. The molecule has 0 spiro atoms. The van der Waals surface area contributed by atoms with Gasteiger partial charge in [0.05, 0.1) is 21.5 Å². The molecule has 134 valence electrons. The summed E-state index contributed by atoms with van der Waals surface area (Å²) in [5.74, 6) is 0.826. The number of anilines is 1. The predicted molar refractivity (Wildman–Crippen MR) is 116 cm³/mol. The number of hydrogen-bond donors (Lipinski definition) is 1. The van der Waals surface area contributed by atoms with Crippen molar-refractivity contribution in [3.63, 3.8) is 0 Å². The van der Waals surface area contributed by atoms with Gasteiger partial charge < -0.3 is 5.32 Å². The molecule has 0 unspecified atom stereocenters. The fraction of sp³-hybridized carbons (Fsp3) is 0.0909. The SMILES string of the molecule is CCSc1ccccc1C(=O)Nc1ccccc1-c1nc2ccccc2s1. The molecule has 0 atom stereocenters. The molecule has 1 aromatic heterocycles. The summed E-state index contributed by atoms with van der Waals surface area (Å²) in [5.41, 5.74) is 3.39. The van der Waals surface area contributed by atoms with Crippen molar-refractivity contribution in [2.75, 3.05) is 11.1 Å². The highest BCUT2D eigenvalue weighted by atomic mass is 32.2. The van der Waals surface area contributed by atoms with Gasteiger partial charge in [-0.05, 0) is 42.2 Å². The highest BCUT2D eigenvalue weighted by Crippen LogP contribution is 2.35. The predicted octanol–water partition coefficient (Wildman–Crippen LogP) is 6.33. The van der Waals surface area contributed by atoms with Crippen LogP contribution in [0.2, 0.25) is 0 Å². The maximum Gasteiger partial charge on any atom is 0.256 e. The highest BCUT2D eigenvalue weighted by Gasteiger charge is 2.15. The van der Waals surface area contributed by atoms with E-state index in [2.05, 4.69) is 18.3 Å². The first-order chi connectivity index (χ1) is 13.3. The maximum absolute atomic E-state index is 12.9. The Balaban J connectivity index is 1.68. The van der Waals surface area contributed by atoms with E-state index in [9.17, 15) is 4.79 Å². The molecule has 4 rings (SSSR count). The Morgan fingerprint density at radius 3 is 2.59 bits per heavy atom. The minimum Gasteiger partial charge on any atom is -0.321 e. The van der Waals surface area contributed by atoms with Crippen LogP contribution in [0.5, 0.6) is 0 Å². The Kier molecular flexibility index (Phi) is 5.23. The van der Waals surface area contributed by atoms with Crippen LogP contribution in [0.3, 0.4) is 0 Å². The van der Waals surface area contributed by atoms with Crippen LogP contribution in [0.25, 0.3) is 20.8 Å². The van der Waals surface area contributed by atoms with Crippen molar-refractivity contribution in [2.24, 2.45) is 0 Å². The van der Waals surface area contributed by atoms with Gasteiger partial charge in [-0.2, -0.15) is 0 Å². The second-order valence-electron chi connectivity index (χ2n) is 5.92. The maximum atomic E-state index is 12.9. The zero-order chi connectivity index (χ0) is 18.6. The third-order valence-electron chi connectivity index (χ3n) is 4.13. The van der Waals surface area contributed by atoms with Crippen LogP contribution in [-0.2, 0) is 0 Å². The normalized spacial score (nSPS) is 10.9. The topological polar surface area (TPSA) is 42.0 Å². The van der Waals surface area contributed by atoms with E-state index in [1.165, 1.54) is 0 Å². The lowest BCUT2D eigenvalue weighted by atomic mass is 10.1. The van der Waals surface area contributed by atoms with Gasteiger partial charge in [0.25, 0.3) is 5.91 Å². The zero-order valence-corrected chi connectivity index (χ0v) is 16.4. The van der Waals surface area contributed by atoms with Crippen molar-refractivity contribution in [3.05, 3.63) is 78.4 Å². The molecular weight excluding hydrogens is 372 g/mol. The Labute approximate surface area is 166 Å². The molecule has 1 heterocycles. The summed E-state index contributed by atoms with van der Waals surface area (Å²) in [4.78, 5) is 18.7. The number of nitrogens with zero attached hydrogens (tertiary/aromatic N) is 1. The number of carbonyl (C=O) groups excluding carboxylic acids is 1. The summed E-state index contributed by atoms with van der Waals surface area (Å²) < 4.78 is 1.14. The van der Waals surface area contributed by atoms with Crippen molar-refractivity contribution in [2.45, 2.75) is 11.8 Å². The first kappa shape index (κ1) is 17.8. The van der Waals surface area contributed by atoms with Gasteiger partial charge in [-0.1, -0.05) is 43.3 Å². The summed E-state index contributed by atoms with van der Waals surface area (Å²) in [5, 5.41) is 3.99. The van der Waals surface area contributed by atoms with Crippen LogP contribution in [0.1, 0.15) is 17.3 Å². The minimum atomic E-state index is -0.0971. The largest absolute Gasteiger partial charge is 0.321 e. The van der Waals surface area contributed by atoms with Crippen LogP contribution in [0.4, 0.5) is 5.69 Å². The molecular formula is C22H18N2OS2. The summed E-state index contributed by atoms with van der Waals surface area (Å²) in [6.45, 7) is 2.09. The standard InChI is InChI=1S/C22H18N2OS2/c1-2-26-19-13-7-4-10-16(19)21(25)23-17-11-5-3-9-15(17)22-24-18-12-6-8-14-20(18)27-22/h3-14H,2H2,1H3,(H,23,25). The smallest absolute Gasteiger partial charge is 0.256 e. The Morgan fingerprint density at radius 2 is 1.74 bits per heavy atom. The number of rotatable bonds is 5. The molecule has 0 bridgehead atoms. The van der Waals surface area contributed by atoms with Gasteiger partial charge in [0.15, 0.2) is 0 Å². The second kappa shape index (κ2) is 7.94.